The van der Waals surface area contributed by atoms with Crippen LogP contribution in [0.3, 0.4) is 0 Å². The molecule has 4 fully saturated rings. The third-order valence-corrected chi connectivity index (χ3v) is 8.24. The highest BCUT2D eigenvalue weighted by molar-refractivity contribution is 6.03. The molecule has 3 unspecified atom stereocenters. The average Bonchev–Trinajstić information content (AvgIpc) is 3.38. The number of hydrogen-bond donors (Lipinski definition) is 2. The van der Waals surface area contributed by atoms with Gasteiger partial charge in [0.05, 0.1) is 17.9 Å². The summed E-state index contributed by atoms with van der Waals surface area (Å²) in [5.74, 6) is -1.78. The van der Waals surface area contributed by atoms with E-state index in [9.17, 15) is 14.4 Å². The van der Waals surface area contributed by atoms with Gasteiger partial charge in [0.2, 0.25) is 17.7 Å². The van der Waals surface area contributed by atoms with Gasteiger partial charge in [-0.3, -0.25) is 14.4 Å². The summed E-state index contributed by atoms with van der Waals surface area (Å²) in [6.45, 7) is 3.98. The Labute approximate surface area is 200 Å². The predicted octanol–water partition coefficient (Wildman–Crippen LogP) is 3.00. The summed E-state index contributed by atoms with van der Waals surface area (Å²) in [5.41, 5.74) is 1.78. The number of nitrogens with zero attached hydrogens (tertiary/aromatic N) is 1. The van der Waals surface area contributed by atoms with Gasteiger partial charge in [-0.1, -0.05) is 37.5 Å². The minimum atomic E-state index is -1.06. The molecule has 3 amide bonds. The third-order valence-electron chi connectivity index (χ3n) is 8.24. The van der Waals surface area contributed by atoms with Crippen molar-refractivity contribution in [1.82, 2.24) is 10.2 Å². The van der Waals surface area contributed by atoms with Crippen molar-refractivity contribution in [3.63, 3.8) is 0 Å². The van der Waals surface area contributed by atoms with Gasteiger partial charge in [0.15, 0.2) is 0 Å². The lowest BCUT2D eigenvalue weighted by Gasteiger charge is -2.34. The lowest BCUT2D eigenvalue weighted by molar-refractivity contribution is -0.142. The minimum absolute atomic E-state index is 0.0637. The first kappa shape index (κ1) is 21.8. The molecule has 5 aliphatic rings. The van der Waals surface area contributed by atoms with Crippen LogP contribution in [0, 0.1) is 25.7 Å². The SMILES string of the molecule is Cc1cc(C)cc(NC(=O)C2[C@@H]3C=CC4(O3)C(C(=O)NC3CCCCC3)N(C3CC3)C(=O)[C@H]24)c1. The summed E-state index contributed by atoms with van der Waals surface area (Å²) in [6, 6.07) is 5.42. The summed E-state index contributed by atoms with van der Waals surface area (Å²) >= 11 is 0. The van der Waals surface area contributed by atoms with Crippen LogP contribution in [-0.2, 0) is 19.1 Å². The molecule has 3 aliphatic heterocycles. The van der Waals surface area contributed by atoms with Crippen molar-refractivity contribution < 1.29 is 19.1 Å². The Bertz CT molecular complexity index is 1050. The lowest BCUT2D eigenvalue weighted by atomic mass is 9.74. The molecule has 6 rings (SSSR count). The maximum atomic E-state index is 13.8. The molecule has 2 N–H and O–H groups in total. The van der Waals surface area contributed by atoms with E-state index in [-0.39, 0.29) is 29.8 Å². The summed E-state index contributed by atoms with van der Waals surface area (Å²) in [4.78, 5) is 42.7. The molecule has 34 heavy (non-hydrogen) atoms. The largest absolute Gasteiger partial charge is 0.359 e. The first-order valence-electron chi connectivity index (χ1n) is 12.8. The quantitative estimate of drug-likeness (QED) is 0.657. The number of amides is 3. The van der Waals surface area contributed by atoms with Crippen LogP contribution in [0.5, 0.6) is 0 Å². The normalized spacial score (nSPS) is 34.4. The molecular weight excluding hydrogens is 430 g/mol. The lowest BCUT2D eigenvalue weighted by Crippen LogP contribution is -2.57. The molecule has 2 bridgehead atoms. The molecule has 0 aromatic heterocycles. The third kappa shape index (κ3) is 3.39. The highest BCUT2D eigenvalue weighted by atomic mass is 16.5. The van der Waals surface area contributed by atoms with Crippen LogP contribution < -0.4 is 10.6 Å². The van der Waals surface area contributed by atoms with Gasteiger partial charge >= 0.3 is 0 Å². The summed E-state index contributed by atoms with van der Waals surface area (Å²) in [6.07, 6.45) is 10.5. The zero-order valence-electron chi connectivity index (χ0n) is 19.9. The second kappa shape index (κ2) is 7.94. The zero-order chi connectivity index (χ0) is 23.6. The fourth-order valence-electron chi connectivity index (χ4n) is 6.75. The van der Waals surface area contributed by atoms with Crippen LogP contribution in [0.4, 0.5) is 5.69 Å². The van der Waals surface area contributed by atoms with Crippen LogP contribution in [-0.4, -0.2) is 52.5 Å². The molecular formula is C27H33N3O4. The number of fused-ring (bicyclic) bond motifs is 1. The monoisotopic (exact) mass is 463 g/mol. The van der Waals surface area contributed by atoms with Crippen molar-refractivity contribution in [3.8, 4) is 0 Å². The van der Waals surface area contributed by atoms with Crippen molar-refractivity contribution in [2.75, 3.05) is 5.32 Å². The van der Waals surface area contributed by atoms with E-state index in [1.165, 1.54) is 6.42 Å². The average molecular weight is 464 g/mol. The van der Waals surface area contributed by atoms with Crippen LogP contribution >= 0.6 is 0 Å². The fraction of sp³-hybridized carbons (Fsp3) is 0.593. The number of benzene rings is 1. The van der Waals surface area contributed by atoms with Gasteiger partial charge in [-0.25, -0.2) is 0 Å². The number of carbonyl (C=O) groups is 3. The van der Waals surface area contributed by atoms with Gasteiger partial charge in [-0.2, -0.15) is 0 Å². The Balaban J connectivity index is 1.29. The molecule has 1 spiro atoms. The molecule has 1 aromatic rings. The standard InChI is InChI=1S/C27H33N3O4/c1-15-12-16(2)14-18(13-15)29-24(31)21-20-10-11-27(34-20)22(21)26(33)30(19-8-9-19)23(27)25(32)28-17-6-4-3-5-7-17/h10-14,17,19-23H,3-9H2,1-2H3,(H,28,32)(H,29,31)/t20-,21?,22-,23?,27?/m0/s1. The van der Waals surface area contributed by atoms with Crippen molar-refractivity contribution >= 4 is 23.4 Å². The molecule has 7 heteroatoms. The Morgan fingerprint density at radius 2 is 1.71 bits per heavy atom. The molecule has 5 atom stereocenters. The smallest absolute Gasteiger partial charge is 0.246 e. The van der Waals surface area contributed by atoms with Gasteiger partial charge in [0, 0.05) is 17.8 Å². The van der Waals surface area contributed by atoms with E-state index >= 15 is 0 Å². The summed E-state index contributed by atoms with van der Waals surface area (Å²) in [5, 5.41) is 6.26. The maximum Gasteiger partial charge on any atom is 0.246 e. The summed E-state index contributed by atoms with van der Waals surface area (Å²) < 4.78 is 6.41. The number of nitrogens with one attached hydrogen (secondary N) is 2. The van der Waals surface area contributed by atoms with Crippen LogP contribution in [0.2, 0.25) is 0 Å². The van der Waals surface area contributed by atoms with Gasteiger partial charge in [-0.05, 0) is 62.8 Å². The van der Waals surface area contributed by atoms with Crippen molar-refractivity contribution in [2.24, 2.45) is 11.8 Å². The van der Waals surface area contributed by atoms with Crippen molar-refractivity contribution in [1.29, 1.82) is 0 Å². The van der Waals surface area contributed by atoms with E-state index in [2.05, 4.69) is 16.7 Å². The number of ether oxygens (including phenoxy) is 1. The first-order chi connectivity index (χ1) is 16.4. The van der Waals surface area contributed by atoms with E-state index in [1.54, 1.807) is 4.90 Å². The van der Waals surface area contributed by atoms with E-state index in [1.807, 2.05) is 38.1 Å². The highest BCUT2D eigenvalue weighted by Gasteiger charge is 2.74. The molecule has 0 radical (unpaired) electrons. The fourth-order valence-corrected chi connectivity index (χ4v) is 6.75. The van der Waals surface area contributed by atoms with E-state index in [0.29, 0.717) is 0 Å². The molecule has 180 valence electrons. The molecule has 2 saturated carbocycles. The molecule has 3 heterocycles. The second-order valence-corrected chi connectivity index (χ2v) is 10.9. The van der Waals surface area contributed by atoms with Gasteiger partial charge in [-0.15, -0.1) is 0 Å². The number of hydrogen-bond acceptors (Lipinski definition) is 4. The van der Waals surface area contributed by atoms with E-state index in [4.69, 9.17) is 4.74 Å². The van der Waals surface area contributed by atoms with E-state index in [0.717, 1.165) is 55.3 Å². The maximum absolute atomic E-state index is 13.8. The molecule has 7 nitrogen and oxygen atoms in total. The number of anilines is 1. The van der Waals surface area contributed by atoms with E-state index < -0.39 is 29.6 Å². The second-order valence-electron chi connectivity index (χ2n) is 10.9. The molecule has 1 aromatic carbocycles. The summed E-state index contributed by atoms with van der Waals surface area (Å²) in [7, 11) is 0. The molecule has 2 aliphatic carbocycles. The zero-order valence-corrected chi connectivity index (χ0v) is 19.9. The first-order valence-corrected chi connectivity index (χ1v) is 12.8. The van der Waals surface area contributed by atoms with Crippen LogP contribution in [0.15, 0.2) is 30.4 Å². The molecule has 2 saturated heterocycles. The predicted molar refractivity (Wildman–Crippen MR) is 127 cm³/mol. The Morgan fingerprint density at radius 1 is 1.00 bits per heavy atom. The van der Waals surface area contributed by atoms with Crippen molar-refractivity contribution in [2.45, 2.75) is 88.6 Å². The number of rotatable bonds is 5. The topological polar surface area (TPSA) is 87.7 Å². The Hall–Kier alpha value is -2.67. The van der Waals surface area contributed by atoms with Crippen LogP contribution in [0.1, 0.15) is 56.1 Å². The minimum Gasteiger partial charge on any atom is -0.359 e. The van der Waals surface area contributed by atoms with Gasteiger partial charge in [0.25, 0.3) is 0 Å². The Morgan fingerprint density at radius 3 is 2.38 bits per heavy atom. The van der Waals surface area contributed by atoms with Crippen molar-refractivity contribution in [3.05, 3.63) is 41.5 Å². The number of aryl methyl sites for hydroxylation is 2. The number of carbonyl (C=O) groups excluding carboxylic acids is 3. The highest BCUT2D eigenvalue weighted by Crippen LogP contribution is 2.57. The van der Waals surface area contributed by atoms with Gasteiger partial charge in [0.1, 0.15) is 11.6 Å². The van der Waals surface area contributed by atoms with Gasteiger partial charge < -0.3 is 20.3 Å². The van der Waals surface area contributed by atoms with Crippen LogP contribution in [0.25, 0.3) is 0 Å². The Kier molecular flexibility index (Phi) is 5.10. The number of likely N-dealkylation sites (tertiary alicyclic amines) is 1.